The van der Waals surface area contributed by atoms with Gasteiger partial charge in [0.15, 0.2) is 0 Å². The Morgan fingerprint density at radius 3 is 2.65 bits per heavy atom. The van der Waals surface area contributed by atoms with Crippen LogP contribution in [-0.4, -0.2) is 17.5 Å². The second-order valence-corrected chi connectivity index (χ2v) is 5.00. The minimum atomic E-state index is 0.496. The van der Waals surface area contributed by atoms with Crippen molar-refractivity contribution in [2.75, 3.05) is 6.54 Å². The van der Waals surface area contributed by atoms with E-state index in [2.05, 4.69) is 11.0 Å². The van der Waals surface area contributed by atoms with Crippen LogP contribution in [-0.2, 0) is 6.54 Å². The predicted octanol–water partition coefficient (Wildman–Crippen LogP) is 3.61. The molecule has 1 aliphatic carbocycles. The monoisotopic (exact) mass is 248 g/mol. The maximum absolute atomic E-state index is 8.92. The number of hydrogen-bond donors (Lipinski definition) is 0. The van der Waals surface area contributed by atoms with Crippen LogP contribution in [0.2, 0.25) is 5.02 Å². The summed E-state index contributed by atoms with van der Waals surface area (Å²) in [6, 6.07) is 10.7. The zero-order valence-corrected chi connectivity index (χ0v) is 10.7. The molecule has 0 aromatic heterocycles. The van der Waals surface area contributed by atoms with Crippen molar-refractivity contribution in [1.82, 2.24) is 4.90 Å². The highest BCUT2D eigenvalue weighted by Gasteiger charge is 2.22. The molecule has 1 aromatic rings. The molecule has 1 fully saturated rings. The van der Waals surface area contributed by atoms with Crippen molar-refractivity contribution < 1.29 is 0 Å². The van der Waals surface area contributed by atoms with Crippen molar-refractivity contribution in [1.29, 1.82) is 5.26 Å². The van der Waals surface area contributed by atoms with E-state index in [-0.39, 0.29) is 0 Å². The highest BCUT2D eigenvalue weighted by molar-refractivity contribution is 6.31. The molecule has 0 amide bonds. The number of hydrogen-bond acceptors (Lipinski definition) is 2. The van der Waals surface area contributed by atoms with Gasteiger partial charge in [0.25, 0.3) is 0 Å². The van der Waals surface area contributed by atoms with E-state index in [9.17, 15) is 0 Å². The van der Waals surface area contributed by atoms with Gasteiger partial charge in [-0.05, 0) is 24.5 Å². The first kappa shape index (κ1) is 12.4. The molecule has 90 valence electrons. The summed E-state index contributed by atoms with van der Waals surface area (Å²) in [5, 5.41) is 9.72. The zero-order valence-electron chi connectivity index (χ0n) is 9.90. The van der Waals surface area contributed by atoms with Gasteiger partial charge in [-0.3, -0.25) is 4.90 Å². The van der Waals surface area contributed by atoms with E-state index in [0.717, 1.165) is 17.1 Å². The minimum Gasteiger partial charge on any atom is -0.283 e. The lowest BCUT2D eigenvalue weighted by Gasteiger charge is -2.26. The molecule has 0 N–H and O–H groups in total. The molecule has 0 spiro atoms. The Balaban J connectivity index is 2.07. The summed E-state index contributed by atoms with van der Waals surface area (Å²) in [7, 11) is 0. The highest BCUT2D eigenvalue weighted by atomic mass is 35.5. The lowest BCUT2D eigenvalue weighted by molar-refractivity contribution is 0.214. The summed E-state index contributed by atoms with van der Waals surface area (Å²) >= 11 is 6.17. The van der Waals surface area contributed by atoms with Crippen molar-refractivity contribution in [3.63, 3.8) is 0 Å². The van der Waals surface area contributed by atoms with E-state index < -0.39 is 0 Å². The third-order valence-corrected chi connectivity index (χ3v) is 3.81. The summed E-state index contributed by atoms with van der Waals surface area (Å²) in [6.45, 7) is 1.29. The van der Waals surface area contributed by atoms with E-state index in [1.165, 1.54) is 25.7 Å². The van der Waals surface area contributed by atoms with Crippen LogP contribution in [0.4, 0.5) is 0 Å². The molecule has 3 heteroatoms. The molecular weight excluding hydrogens is 232 g/mol. The molecule has 1 saturated carbocycles. The zero-order chi connectivity index (χ0) is 12.1. The quantitative estimate of drug-likeness (QED) is 0.762. The predicted molar refractivity (Wildman–Crippen MR) is 69.7 cm³/mol. The maximum Gasteiger partial charge on any atom is 0.0871 e. The van der Waals surface area contributed by atoms with Crippen molar-refractivity contribution in [2.24, 2.45) is 0 Å². The minimum absolute atomic E-state index is 0.496. The molecule has 1 aliphatic rings. The molecule has 0 radical (unpaired) electrons. The second kappa shape index (κ2) is 6.05. The maximum atomic E-state index is 8.92. The van der Waals surface area contributed by atoms with E-state index in [0.29, 0.717) is 12.6 Å². The Kier molecular flexibility index (Phi) is 4.42. The van der Waals surface area contributed by atoms with E-state index in [4.69, 9.17) is 16.9 Å². The molecule has 1 aromatic carbocycles. The fourth-order valence-corrected chi connectivity index (χ4v) is 2.72. The van der Waals surface area contributed by atoms with Crippen LogP contribution in [0.3, 0.4) is 0 Å². The third-order valence-electron chi connectivity index (χ3n) is 3.45. The standard InChI is InChI=1S/C14H17ClN2/c15-14-8-4-1-5-12(14)11-17(10-9-16)13-6-2-3-7-13/h1,4-5,8,13H,2-3,6-7,10-11H2. The lowest BCUT2D eigenvalue weighted by Crippen LogP contribution is -2.33. The van der Waals surface area contributed by atoms with Gasteiger partial charge in [0.05, 0.1) is 12.6 Å². The summed E-state index contributed by atoms with van der Waals surface area (Å²) in [5.41, 5.74) is 1.12. The van der Waals surface area contributed by atoms with Crippen LogP contribution in [0.25, 0.3) is 0 Å². The molecule has 0 heterocycles. The molecule has 2 nitrogen and oxygen atoms in total. The molecular formula is C14H17ClN2. The number of nitriles is 1. The van der Waals surface area contributed by atoms with Gasteiger partial charge in [0.1, 0.15) is 0 Å². The van der Waals surface area contributed by atoms with Gasteiger partial charge in [0, 0.05) is 17.6 Å². The van der Waals surface area contributed by atoms with Crippen molar-refractivity contribution in [3.8, 4) is 6.07 Å². The van der Waals surface area contributed by atoms with Crippen LogP contribution in [0, 0.1) is 11.3 Å². The van der Waals surface area contributed by atoms with Gasteiger partial charge in [-0.15, -0.1) is 0 Å². The summed E-state index contributed by atoms with van der Waals surface area (Å²) in [6.07, 6.45) is 5.00. The fourth-order valence-electron chi connectivity index (χ4n) is 2.52. The lowest BCUT2D eigenvalue weighted by atomic mass is 10.1. The summed E-state index contributed by atoms with van der Waals surface area (Å²) < 4.78 is 0. The summed E-state index contributed by atoms with van der Waals surface area (Å²) in [5.74, 6) is 0. The molecule has 0 atom stereocenters. The number of rotatable bonds is 4. The molecule has 0 bridgehead atoms. The molecule has 0 aliphatic heterocycles. The number of nitrogens with zero attached hydrogens (tertiary/aromatic N) is 2. The Bertz CT molecular complexity index is 405. The molecule has 0 unspecified atom stereocenters. The van der Waals surface area contributed by atoms with Crippen LogP contribution in [0.15, 0.2) is 24.3 Å². The van der Waals surface area contributed by atoms with Gasteiger partial charge < -0.3 is 0 Å². The normalized spacial score (nSPS) is 16.3. The average molecular weight is 249 g/mol. The van der Waals surface area contributed by atoms with E-state index >= 15 is 0 Å². The molecule has 0 saturated heterocycles. The van der Waals surface area contributed by atoms with E-state index in [1.54, 1.807) is 0 Å². The van der Waals surface area contributed by atoms with Crippen LogP contribution >= 0.6 is 11.6 Å². The first-order valence-electron chi connectivity index (χ1n) is 6.15. The van der Waals surface area contributed by atoms with Crippen molar-refractivity contribution >= 4 is 11.6 Å². The smallest absolute Gasteiger partial charge is 0.0871 e. The van der Waals surface area contributed by atoms with Crippen molar-refractivity contribution in [3.05, 3.63) is 34.9 Å². The summed E-state index contributed by atoms with van der Waals surface area (Å²) in [4.78, 5) is 2.26. The Morgan fingerprint density at radius 2 is 2.00 bits per heavy atom. The van der Waals surface area contributed by atoms with Gasteiger partial charge in [-0.1, -0.05) is 42.6 Å². The van der Waals surface area contributed by atoms with Gasteiger partial charge >= 0.3 is 0 Å². The third kappa shape index (κ3) is 3.21. The first-order chi connectivity index (χ1) is 8.31. The number of benzene rings is 1. The average Bonchev–Trinajstić information content (AvgIpc) is 2.85. The van der Waals surface area contributed by atoms with Crippen LogP contribution in [0.5, 0.6) is 0 Å². The largest absolute Gasteiger partial charge is 0.283 e. The van der Waals surface area contributed by atoms with E-state index in [1.807, 2.05) is 24.3 Å². The van der Waals surface area contributed by atoms with Crippen molar-refractivity contribution in [2.45, 2.75) is 38.3 Å². The molecule has 17 heavy (non-hydrogen) atoms. The van der Waals surface area contributed by atoms with Gasteiger partial charge in [-0.2, -0.15) is 5.26 Å². The Hall–Kier alpha value is -1.04. The first-order valence-corrected chi connectivity index (χ1v) is 6.53. The Labute approximate surface area is 108 Å². The SMILES string of the molecule is N#CCN(Cc1ccccc1Cl)C1CCCC1. The van der Waals surface area contributed by atoms with Crippen LogP contribution in [0.1, 0.15) is 31.2 Å². The van der Waals surface area contributed by atoms with Gasteiger partial charge in [0.2, 0.25) is 0 Å². The van der Waals surface area contributed by atoms with Gasteiger partial charge in [-0.25, -0.2) is 0 Å². The van der Waals surface area contributed by atoms with Crippen LogP contribution < -0.4 is 0 Å². The topological polar surface area (TPSA) is 27.0 Å². The second-order valence-electron chi connectivity index (χ2n) is 4.59. The number of halogens is 1. The molecule has 2 rings (SSSR count). The fraction of sp³-hybridized carbons (Fsp3) is 0.500. The Morgan fingerprint density at radius 1 is 1.29 bits per heavy atom. The highest BCUT2D eigenvalue weighted by Crippen LogP contribution is 2.26.